The van der Waals surface area contributed by atoms with Crippen LogP contribution in [-0.4, -0.2) is 46.5 Å². The Kier molecular flexibility index (Phi) is 4.78. The Balaban J connectivity index is 1.29. The highest BCUT2D eigenvalue weighted by atomic mass is 19.2. The van der Waals surface area contributed by atoms with Crippen LogP contribution in [0.1, 0.15) is 23.3 Å². The summed E-state index contributed by atoms with van der Waals surface area (Å²) in [6.45, 7) is 1.93. The van der Waals surface area contributed by atoms with E-state index in [2.05, 4.69) is 9.88 Å². The van der Waals surface area contributed by atoms with Crippen molar-refractivity contribution in [3.8, 4) is 11.5 Å². The van der Waals surface area contributed by atoms with Crippen molar-refractivity contribution in [3.05, 3.63) is 53.9 Å². The molecule has 0 amide bonds. The zero-order chi connectivity index (χ0) is 19.0. The summed E-state index contributed by atoms with van der Waals surface area (Å²) in [5, 5.41) is 9.26. The van der Waals surface area contributed by atoms with Gasteiger partial charge in [0.25, 0.3) is 0 Å². The zero-order valence-corrected chi connectivity index (χ0v) is 14.6. The summed E-state index contributed by atoms with van der Waals surface area (Å²) < 4.78 is 32.1. The molecule has 2 aliphatic rings. The number of aromatic nitrogens is 1. The smallest absolute Gasteiger partial charge is 0.195 e. The fourth-order valence-electron chi connectivity index (χ4n) is 4.14. The maximum atomic E-state index is 13.3. The molecule has 1 aromatic heterocycles. The van der Waals surface area contributed by atoms with Crippen LogP contribution in [0.5, 0.6) is 11.5 Å². The first kappa shape index (κ1) is 17.9. The molecule has 0 spiro atoms. The summed E-state index contributed by atoms with van der Waals surface area (Å²) in [6.07, 6.45) is 2.94. The van der Waals surface area contributed by atoms with Gasteiger partial charge in [0.2, 0.25) is 0 Å². The number of ether oxygens (including phenoxy) is 1. The lowest BCUT2D eigenvalue weighted by molar-refractivity contribution is 0.0931. The average Bonchev–Trinajstić information content (AvgIpc) is 3.16. The first-order valence-electron chi connectivity index (χ1n) is 9.00. The molecule has 142 valence electrons. The van der Waals surface area contributed by atoms with Crippen LogP contribution in [0.2, 0.25) is 0 Å². The Bertz CT molecular complexity index is 830. The third kappa shape index (κ3) is 3.93. The van der Waals surface area contributed by atoms with Crippen molar-refractivity contribution in [3.63, 3.8) is 0 Å². The SMILES string of the molecule is O=C(CN1C[C@H]2CC(Oc3ccc(F)c(F)c3)C[C@H]2C1)c1ccc(O)cn1. The molecular formula is C20H20F2N2O3. The molecule has 0 radical (unpaired) electrons. The average molecular weight is 374 g/mol. The van der Waals surface area contributed by atoms with Gasteiger partial charge in [-0.1, -0.05) is 0 Å². The van der Waals surface area contributed by atoms with E-state index in [1.54, 1.807) is 0 Å². The predicted octanol–water partition coefficient (Wildman–Crippen LogP) is 3.04. The van der Waals surface area contributed by atoms with Crippen molar-refractivity contribution < 1.29 is 23.4 Å². The van der Waals surface area contributed by atoms with Gasteiger partial charge in [-0.15, -0.1) is 0 Å². The summed E-state index contributed by atoms with van der Waals surface area (Å²) in [4.78, 5) is 18.4. The minimum atomic E-state index is -0.904. The van der Waals surface area contributed by atoms with Crippen LogP contribution in [0.15, 0.2) is 36.5 Å². The number of benzene rings is 1. The predicted molar refractivity (Wildman–Crippen MR) is 93.7 cm³/mol. The molecular weight excluding hydrogens is 354 g/mol. The van der Waals surface area contributed by atoms with Crippen LogP contribution >= 0.6 is 0 Å². The first-order valence-corrected chi connectivity index (χ1v) is 9.00. The van der Waals surface area contributed by atoms with Gasteiger partial charge in [0.1, 0.15) is 17.2 Å². The van der Waals surface area contributed by atoms with Gasteiger partial charge in [0.15, 0.2) is 17.4 Å². The van der Waals surface area contributed by atoms with E-state index in [4.69, 9.17) is 4.74 Å². The topological polar surface area (TPSA) is 62.7 Å². The van der Waals surface area contributed by atoms with Crippen molar-refractivity contribution in [1.82, 2.24) is 9.88 Å². The number of nitrogens with zero attached hydrogens (tertiary/aromatic N) is 2. The molecule has 4 rings (SSSR count). The van der Waals surface area contributed by atoms with Gasteiger partial charge in [-0.05, 0) is 48.9 Å². The van der Waals surface area contributed by atoms with E-state index in [9.17, 15) is 18.7 Å². The number of rotatable bonds is 5. The van der Waals surface area contributed by atoms with Crippen molar-refractivity contribution in [2.75, 3.05) is 19.6 Å². The van der Waals surface area contributed by atoms with Crippen LogP contribution in [0, 0.1) is 23.5 Å². The van der Waals surface area contributed by atoms with Gasteiger partial charge in [-0.2, -0.15) is 0 Å². The van der Waals surface area contributed by atoms with E-state index in [0.717, 1.165) is 38.1 Å². The van der Waals surface area contributed by atoms with Crippen molar-refractivity contribution >= 4 is 5.78 Å². The fourth-order valence-corrected chi connectivity index (χ4v) is 4.14. The first-order chi connectivity index (χ1) is 13.0. The van der Waals surface area contributed by atoms with Crippen molar-refractivity contribution in [1.29, 1.82) is 0 Å². The summed E-state index contributed by atoms with van der Waals surface area (Å²) in [6, 6.07) is 6.59. The second-order valence-corrected chi connectivity index (χ2v) is 7.33. The maximum absolute atomic E-state index is 13.3. The molecule has 2 fully saturated rings. The van der Waals surface area contributed by atoms with Gasteiger partial charge in [0, 0.05) is 19.2 Å². The lowest BCUT2D eigenvalue weighted by Crippen LogP contribution is -2.30. The van der Waals surface area contributed by atoms with Crippen LogP contribution in [0.3, 0.4) is 0 Å². The maximum Gasteiger partial charge on any atom is 0.195 e. The number of halogens is 2. The van der Waals surface area contributed by atoms with Crippen LogP contribution in [0.4, 0.5) is 8.78 Å². The molecule has 1 saturated heterocycles. The minimum Gasteiger partial charge on any atom is -0.506 e. The lowest BCUT2D eigenvalue weighted by Gasteiger charge is -2.19. The molecule has 1 aromatic carbocycles. The number of carbonyl (C=O) groups is 1. The molecule has 2 aromatic rings. The molecule has 27 heavy (non-hydrogen) atoms. The molecule has 1 aliphatic carbocycles. The van der Waals surface area contributed by atoms with E-state index in [1.807, 2.05) is 0 Å². The Labute approximate surface area is 155 Å². The molecule has 0 bridgehead atoms. The molecule has 2 heterocycles. The van der Waals surface area contributed by atoms with Gasteiger partial charge in [-0.25, -0.2) is 13.8 Å². The summed E-state index contributed by atoms with van der Waals surface area (Å²) in [5.74, 6) is -0.600. The number of fused-ring (bicyclic) bond motifs is 1. The number of Topliss-reactive ketones (excluding diaryl/α,β-unsaturated/α-hetero) is 1. The Morgan fingerprint density at radius 1 is 1.15 bits per heavy atom. The molecule has 1 saturated carbocycles. The van der Waals surface area contributed by atoms with Crippen LogP contribution in [-0.2, 0) is 0 Å². The van der Waals surface area contributed by atoms with E-state index in [-0.39, 0.29) is 17.6 Å². The van der Waals surface area contributed by atoms with Crippen molar-refractivity contribution in [2.24, 2.45) is 11.8 Å². The zero-order valence-electron chi connectivity index (χ0n) is 14.6. The summed E-state index contributed by atoms with van der Waals surface area (Å²) in [5.41, 5.74) is 0.351. The Hall–Kier alpha value is -2.54. The van der Waals surface area contributed by atoms with Crippen LogP contribution in [0.25, 0.3) is 0 Å². The second kappa shape index (κ2) is 7.23. The highest BCUT2D eigenvalue weighted by molar-refractivity contribution is 5.95. The third-order valence-electron chi connectivity index (χ3n) is 5.38. The molecule has 1 N–H and O–H groups in total. The normalized spacial score (nSPS) is 24.7. The van der Waals surface area contributed by atoms with E-state index < -0.39 is 11.6 Å². The molecule has 7 heteroatoms. The Morgan fingerprint density at radius 2 is 1.89 bits per heavy atom. The lowest BCUT2D eigenvalue weighted by atomic mass is 10.0. The number of pyridine rings is 1. The van der Waals surface area contributed by atoms with Gasteiger partial charge >= 0.3 is 0 Å². The molecule has 3 atom stereocenters. The van der Waals surface area contributed by atoms with Gasteiger partial charge in [-0.3, -0.25) is 9.69 Å². The largest absolute Gasteiger partial charge is 0.506 e. The third-order valence-corrected chi connectivity index (χ3v) is 5.38. The summed E-state index contributed by atoms with van der Waals surface area (Å²) >= 11 is 0. The van der Waals surface area contributed by atoms with E-state index in [1.165, 1.54) is 24.4 Å². The Morgan fingerprint density at radius 3 is 2.52 bits per heavy atom. The highest BCUT2D eigenvalue weighted by Gasteiger charge is 2.42. The van der Waals surface area contributed by atoms with Gasteiger partial charge in [0.05, 0.1) is 18.8 Å². The van der Waals surface area contributed by atoms with E-state index >= 15 is 0 Å². The number of hydrogen-bond acceptors (Lipinski definition) is 5. The van der Waals surface area contributed by atoms with Crippen LogP contribution < -0.4 is 4.74 Å². The number of likely N-dealkylation sites (tertiary alicyclic amines) is 1. The fraction of sp³-hybridized carbons (Fsp3) is 0.400. The van der Waals surface area contributed by atoms with Crippen molar-refractivity contribution in [2.45, 2.75) is 18.9 Å². The number of carbonyl (C=O) groups excluding carboxylic acids is 1. The highest BCUT2D eigenvalue weighted by Crippen LogP contribution is 2.39. The number of ketones is 1. The molecule has 1 unspecified atom stereocenters. The summed E-state index contributed by atoms with van der Waals surface area (Å²) in [7, 11) is 0. The monoisotopic (exact) mass is 374 g/mol. The number of aromatic hydroxyl groups is 1. The standard InChI is InChI=1S/C20H20F2N2O3/c21-17-3-2-15(7-18(17)22)27-16-5-12-9-24(10-13(12)6-16)11-20(26)19-4-1-14(25)8-23-19/h1-4,7-8,12-13,16,25H,5-6,9-11H2/t12-,13+,16?. The minimum absolute atomic E-state index is 0.0125. The molecule has 1 aliphatic heterocycles. The number of hydrogen-bond donors (Lipinski definition) is 1. The molecule has 5 nitrogen and oxygen atoms in total. The van der Waals surface area contributed by atoms with Gasteiger partial charge < -0.3 is 9.84 Å². The second-order valence-electron chi connectivity index (χ2n) is 7.33. The quantitative estimate of drug-likeness (QED) is 0.815. The van der Waals surface area contributed by atoms with E-state index in [0.29, 0.717) is 29.8 Å².